The maximum Gasteiger partial charge on any atom is 0.307 e. The fourth-order valence-electron chi connectivity index (χ4n) is 1.63. The van der Waals surface area contributed by atoms with E-state index in [1.165, 1.54) is 12.1 Å². The molecule has 0 heterocycles. The number of carboxylic acids is 1. The molecule has 3 heteroatoms. The molecule has 0 radical (unpaired) electrons. The van der Waals surface area contributed by atoms with E-state index in [9.17, 15) is 9.18 Å². The van der Waals surface area contributed by atoms with Crippen molar-refractivity contribution < 1.29 is 14.3 Å². The van der Waals surface area contributed by atoms with E-state index >= 15 is 0 Å². The van der Waals surface area contributed by atoms with Crippen molar-refractivity contribution >= 4 is 5.97 Å². The Bertz CT molecular complexity index is 515. The zero-order chi connectivity index (χ0) is 12.3. The minimum absolute atomic E-state index is 0. The van der Waals surface area contributed by atoms with Gasteiger partial charge in [0.05, 0.1) is 6.42 Å². The van der Waals surface area contributed by atoms with Gasteiger partial charge in [0, 0.05) is 0 Å². The molecule has 2 aromatic rings. The number of carboxylic acid groups (broad SMARTS) is 1. The van der Waals surface area contributed by atoms with Crippen molar-refractivity contribution in [3.63, 3.8) is 0 Å². The number of hydrogen-bond donors (Lipinski definition) is 1. The van der Waals surface area contributed by atoms with Crippen LogP contribution in [0.1, 0.15) is 13.0 Å². The quantitative estimate of drug-likeness (QED) is 0.895. The van der Waals surface area contributed by atoms with Crippen molar-refractivity contribution in [2.75, 3.05) is 0 Å². The molecular formula is C15H15FO2. The molecule has 0 amide bonds. The summed E-state index contributed by atoms with van der Waals surface area (Å²) in [6.07, 6.45) is 0.0176. The van der Waals surface area contributed by atoms with Gasteiger partial charge in [-0.2, -0.15) is 0 Å². The van der Waals surface area contributed by atoms with Gasteiger partial charge in [0.25, 0.3) is 0 Å². The second-order valence-electron chi connectivity index (χ2n) is 3.77. The number of rotatable bonds is 3. The topological polar surface area (TPSA) is 37.3 Å². The number of halogens is 1. The van der Waals surface area contributed by atoms with Gasteiger partial charge in [-0.05, 0) is 28.8 Å². The van der Waals surface area contributed by atoms with E-state index < -0.39 is 5.97 Å². The van der Waals surface area contributed by atoms with Crippen molar-refractivity contribution in [2.24, 2.45) is 0 Å². The summed E-state index contributed by atoms with van der Waals surface area (Å²) < 4.78 is 12.7. The largest absolute Gasteiger partial charge is 0.481 e. The van der Waals surface area contributed by atoms with Crippen LogP contribution in [0.3, 0.4) is 0 Å². The first kappa shape index (κ1) is 13.9. The van der Waals surface area contributed by atoms with Crippen LogP contribution >= 0.6 is 0 Å². The summed E-state index contributed by atoms with van der Waals surface area (Å²) >= 11 is 0. The maximum absolute atomic E-state index is 12.7. The summed E-state index contributed by atoms with van der Waals surface area (Å²) in [7, 11) is 0. The molecule has 0 aliphatic carbocycles. The molecule has 0 spiro atoms. The molecule has 2 nitrogen and oxygen atoms in total. The molecule has 0 atom stereocenters. The molecule has 94 valence electrons. The van der Waals surface area contributed by atoms with Gasteiger partial charge in [0.15, 0.2) is 0 Å². The lowest BCUT2D eigenvalue weighted by atomic mass is 10.0. The molecular weight excluding hydrogens is 231 g/mol. The average molecular weight is 246 g/mol. The van der Waals surface area contributed by atoms with Gasteiger partial charge >= 0.3 is 5.97 Å². The smallest absolute Gasteiger partial charge is 0.307 e. The first-order valence-electron chi connectivity index (χ1n) is 5.22. The highest BCUT2D eigenvalue weighted by Gasteiger charge is 2.01. The Balaban J connectivity index is 0.00000162. The van der Waals surface area contributed by atoms with E-state index in [4.69, 9.17) is 5.11 Å². The van der Waals surface area contributed by atoms with Crippen molar-refractivity contribution in [3.05, 3.63) is 59.9 Å². The third kappa shape index (κ3) is 3.42. The van der Waals surface area contributed by atoms with Crippen LogP contribution in [0.15, 0.2) is 48.5 Å². The second-order valence-corrected chi connectivity index (χ2v) is 3.77. The van der Waals surface area contributed by atoms with Gasteiger partial charge in [-0.3, -0.25) is 4.79 Å². The lowest BCUT2D eigenvalue weighted by molar-refractivity contribution is -0.136. The van der Waals surface area contributed by atoms with E-state index in [0.717, 1.165) is 16.7 Å². The Morgan fingerprint density at radius 1 is 0.944 bits per heavy atom. The number of carbonyl (C=O) groups is 1. The molecule has 0 saturated heterocycles. The summed E-state index contributed by atoms with van der Waals surface area (Å²) in [5.41, 5.74) is 2.61. The Morgan fingerprint density at radius 3 is 1.83 bits per heavy atom. The van der Waals surface area contributed by atoms with Gasteiger partial charge in [-0.15, -0.1) is 0 Å². The monoisotopic (exact) mass is 246 g/mol. The van der Waals surface area contributed by atoms with E-state index in [1.807, 2.05) is 12.1 Å². The molecule has 0 bridgehead atoms. The molecule has 2 rings (SSSR count). The Kier molecular flexibility index (Phi) is 4.60. The van der Waals surface area contributed by atoms with Gasteiger partial charge in [0.1, 0.15) is 5.82 Å². The summed E-state index contributed by atoms with van der Waals surface area (Å²) in [4.78, 5) is 10.5. The highest BCUT2D eigenvalue weighted by atomic mass is 19.1. The Morgan fingerprint density at radius 2 is 1.39 bits per heavy atom. The van der Waals surface area contributed by atoms with Gasteiger partial charge in [0.2, 0.25) is 0 Å². The van der Waals surface area contributed by atoms with Crippen LogP contribution in [-0.2, 0) is 11.2 Å². The molecule has 0 unspecified atom stereocenters. The fraction of sp³-hybridized carbons (Fsp3) is 0.133. The van der Waals surface area contributed by atoms with Crippen LogP contribution in [-0.4, -0.2) is 11.1 Å². The molecule has 1 N–H and O–H groups in total. The normalized spacial score (nSPS) is 9.61. The molecule has 18 heavy (non-hydrogen) atoms. The molecule has 0 fully saturated rings. The lowest BCUT2D eigenvalue weighted by Crippen LogP contribution is -1.99. The van der Waals surface area contributed by atoms with Crippen molar-refractivity contribution in [1.29, 1.82) is 0 Å². The van der Waals surface area contributed by atoms with Gasteiger partial charge in [-0.25, -0.2) is 4.39 Å². The van der Waals surface area contributed by atoms with Crippen molar-refractivity contribution in [2.45, 2.75) is 13.8 Å². The number of hydrogen-bond acceptors (Lipinski definition) is 1. The third-order valence-electron chi connectivity index (χ3n) is 2.49. The summed E-state index contributed by atoms with van der Waals surface area (Å²) in [5.74, 6) is -1.12. The van der Waals surface area contributed by atoms with E-state index in [1.54, 1.807) is 24.3 Å². The van der Waals surface area contributed by atoms with Crippen LogP contribution in [0, 0.1) is 5.82 Å². The zero-order valence-electron chi connectivity index (χ0n) is 9.06. The summed E-state index contributed by atoms with van der Waals surface area (Å²) in [6, 6.07) is 13.4. The maximum atomic E-state index is 12.7. The first-order valence-corrected chi connectivity index (χ1v) is 5.22. The van der Waals surface area contributed by atoms with Crippen LogP contribution in [0.4, 0.5) is 4.39 Å². The van der Waals surface area contributed by atoms with Crippen LogP contribution in [0.5, 0.6) is 0 Å². The van der Waals surface area contributed by atoms with E-state index in [2.05, 4.69) is 0 Å². The second kappa shape index (κ2) is 5.96. The van der Waals surface area contributed by atoms with Crippen LogP contribution < -0.4 is 0 Å². The zero-order valence-corrected chi connectivity index (χ0v) is 9.06. The average Bonchev–Trinajstić information content (AvgIpc) is 2.30. The predicted octanol–water partition coefficient (Wildman–Crippen LogP) is 3.76. The number of benzene rings is 2. The third-order valence-corrected chi connectivity index (χ3v) is 2.49. The molecule has 0 saturated carbocycles. The molecule has 0 aliphatic rings. The van der Waals surface area contributed by atoms with Gasteiger partial charge < -0.3 is 5.11 Å². The van der Waals surface area contributed by atoms with Crippen molar-refractivity contribution in [1.82, 2.24) is 0 Å². The molecule has 0 aromatic heterocycles. The summed E-state index contributed by atoms with van der Waals surface area (Å²) in [5, 5.41) is 8.64. The molecule has 0 aliphatic heterocycles. The molecule has 2 aromatic carbocycles. The summed E-state index contributed by atoms with van der Waals surface area (Å²) in [6.45, 7) is 0. The highest BCUT2D eigenvalue weighted by molar-refractivity contribution is 5.71. The predicted molar refractivity (Wildman–Crippen MR) is 69.9 cm³/mol. The van der Waals surface area contributed by atoms with Gasteiger partial charge in [-0.1, -0.05) is 43.8 Å². The fourth-order valence-corrected chi connectivity index (χ4v) is 1.63. The van der Waals surface area contributed by atoms with Crippen LogP contribution in [0.25, 0.3) is 11.1 Å². The first-order chi connectivity index (χ1) is 8.15. The Hall–Kier alpha value is -2.16. The number of aliphatic carboxylic acids is 1. The standard InChI is InChI=1S/C14H11FO2.CH4/c15-13-7-5-12(6-8-13)11-3-1-10(2-4-11)9-14(16)17;/h1-8H,9H2,(H,16,17);1H4. The highest BCUT2D eigenvalue weighted by Crippen LogP contribution is 2.20. The Labute approximate surface area is 106 Å². The minimum atomic E-state index is -0.848. The van der Waals surface area contributed by atoms with Crippen LogP contribution in [0.2, 0.25) is 0 Å². The van der Waals surface area contributed by atoms with Crippen molar-refractivity contribution in [3.8, 4) is 11.1 Å². The van der Waals surface area contributed by atoms with E-state index in [0.29, 0.717) is 0 Å². The lowest BCUT2D eigenvalue weighted by Gasteiger charge is -2.03. The van der Waals surface area contributed by atoms with E-state index in [-0.39, 0.29) is 19.7 Å². The SMILES string of the molecule is C.O=C(O)Cc1ccc(-c2ccc(F)cc2)cc1. The minimum Gasteiger partial charge on any atom is -0.481 e.